The van der Waals surface area contributed by atoms with Crippen molar-refractivity contribution in [3.05, 3.63) is 108 Å². The van der Waals surface area contributed by atoms with Crippen molar-refractivity contribution in [2.45, 2.75) is 19.2 Å². The molecule has 136 valence electrons. The van der Waals surface area contributed by atoms with E-state index in [1.807, 2.05) is 85.8 Å². The molecule has 1 unspecified atom stereocenters. The number of fused-ring (bicyclic) bond motifs is 3. The lowest BCUT2D eigenvalue weighted by molar-refractivity contribution is 0.660. The molecular formula is C27H23N. The van der Waals surface area contributed by atoms with Crippen LogP contribution < -0.4 is 5.32 Å². The number of rotatable bonds is 3. The highest BCUT2D eigenvalue weighted by Gasteiger charge is 2.35. The van der Waals surface area contributed by atoms with Crippen LogP contribution in [0.25, 0.3) is 22.3 Å². The molecule has 1 nitrogen and oxygen atoms in total. The molecule has 0 saturated carbocycles. The average Bonchev–Trinajstić information content (AvgIpc) is 3.04. The van der Waals surface area contributed by atoms with E-state index >= 15 is 0 Å². The molecular weight excluding hydrogens is 338 g/mol. The summed E-state index contributed by atoms with van der Waals surface area (Å²) in [4.78, 5) is 0. The predicted octanol–water partition coefficient (Wildman–Crippen LogP) is 7.40. The maximum atomic E-state index is 8.34. The standard InChI is InChI=1S/C27H23N/c1-27(2)24-14-8-6-13-22(24)23-17-16-20(18-25(23)27)28-26-15-9-7-12-21(26)19-10-4-3-5-11-19/h3-18,28H,1-2H3/i1D3. The Kier molecular flexibility index (Phi) is 3.14. The first-order valence-corrected chi connectivity index (χ1v) is 9.55. The van der Waals surface area contributed by atoms with Crippen LogP contribution in [0.2, 0.25) is 0 Å². The number of hydrogen-bond donors (Lipinski definition) is 1. The molecule has 0 aromatic heterocycles. The normalized spacial score (nSPS) is 19.1. The summed E-state index contributed by atoms with van der Waals surface area (Å²) in [5.41, 5.74) is 6.77. The van der Waals surface area contributed by atoms with E-state index in [1.54, 1.807) is 0 Å². The van der Waals surface area contributed by atoms with Crippen molar-refractivity contribution in [1.29, 1.82) is 0 Å². The van der Waals surface area contributed by atoms with Crippen molar-refractivity contribution in [3.8, 4) is 22.3 Å². The van der Waals surface area contributed by atoms with Crippen molar-refractivity contribution in [2.75, 3.05) is 5.32 Å². The molecule has 0 fully saturated rings. The quantitative estimate of drug-likeness (QED) is 0.399. The number of para-hydroxylation sites is 1. The third kappa shape index (κ3) is 2.63. The molecule has 0 radical (unpaired) electrons. The van der Waals surface area contributed by atoms with E-state index in [9.17, 15) is 0 Å². The first-order chi connectivity index (χ1) is 14.9. The molecule has 0 saturated heterocycles. The first kappa shape index (κ1) is 13.8. The first-order valence-electron chi connectivity index (χ1n) is 11.1. The smallest absolute Gasteiger partial charge is 0.0463 e. The van der Waals surface area contributed by atoms with Crippen molar-refractivity contribution >= 4 is 11.4 Å². The second-order valence-corrected chi connectivity index (χ2v) is 7.47. The van der Waals surface area contributed by atoms with Crippen molar-refractivity contribution in [2.24, 2.45) is 0 Å². The van der Waals surface area contributed by atoms with Gasteiger partial charge in [-0.05, 0) is 46.0 Å². The summed E-state index contributed by atoms with van der Waals surface area (Å²) < 4.78 is 25.0. The topological polar surface area (TPSA) is 12.0 Å². The molecule has 0 amide bonds. The zero-order chi connectivity index (χ0) is 21.6. The van der Waals surface area contributed by atoms with E-state index in [0.29, 0.717) is 0 Å². The number of nitrogens with one attached hydrogen (secondary N) is 1. The Morgan fingerprint density at radius 1 is 0.679 bits per heavy atom. The van der Waals surface area contributed by atoms with Gasteiger partial charge < -0.3 is 5.32 Å². The fraction of sp³-hybridized carbons (Fsp3) is 0.111. The Hall–Kier alpha value is -3.32. The van der Waals surface area contributed by atoms with E-state index in [-0.39, 0.29) is 0 Å². The molecule has 4 aromatic rings. The summed E-state index contributed by atoms with van der Waals surface area (Å²) in [5.74, 6) is 0. The van der Waals surface area contributed by atoms with Crippen LogP contribution in [0.3, 0.4) is 0 Å². The summed E-state index contributed by atoms with van der Waals surface area (Å²) in [7, 11) is 0. The minimum atomic E-state index is -2.16. The second-order valence-electron chi connectivity index (χ2n) is 7.47. The van der Waals surface area contributed by atoms with Crippen molar-refractivity contribution < 1.29 is 4.11 Å². The van der Waals surface area contributed by atoms with Gasteiger partial charge in [0.05, 0.1) is 0 Å². The zero-order valence-electron chi connectivity index (χ0n) is 18.7. The number of benzene rings is 4. The maximum absolute atomic E-state index is 8.34. The van der Waals surface area contributed by atoms with Gasteiger partial charge in [0.15, 0.2) is 0 Å². The molecule has 0 spiro atoms. The molecule has 1 aliphatic rings. The Labute approximate surface area is 170 Å². The van der Waals surface area contributed by atoms with Gasteiger partial charge in [-0.25, -0.2) is 0 Å². The van der Waals surface area contributed by atoms with E-state index in [0.717, 1.165) is 44.8 Å². The van der Waals surface area contributed by atoms with Gasteiger partial charge in [-0.3, -0.25) is 0 Å². The molecule has 0 aliphatic heterocycles. The van der Waals surface area contributed by atoms with Gasteiger partial charge in [-0.15, -0.1) is 0 Å². The van der Waals surface area contributed by atoms with Crippen LogP contribution in [0, 0.1) is 0 Å². The Morgan fingerprint density at radius 3 is 2.18 bits per heavy atom. The molecule has 4 aromatic carbocycles. The van der Waals surface area contributed by atoms with Crippen LogP contribution in [-0.2, 0) is 5.41 Å². The molecule has 1 aliphatic carbocycles. The molecule has 1 N–H and O–H groups in total. The summed E-state index contributed by atoms with van der Waals surface area (Å²) in [6.45, 7) is -0.318. The average molecular weight is 365 g/mol. The van der Waals surface area contributed by atoms with Crippen LogP contribution in [0.5, 0.6) is 0 Å². The molecule has 28 heavy (non-hydrogen) atoms. The monoisotopic (exact) mass is 364 g/mol. The fourth-order valence-electron chi connectivity index (χ4n) is 4.19. The third-order valence-corrected chi connectivity index (χ3v) is 5.61. The highest BCUT2D eigenvalue weighted by Crippen LogP contribution is 2.49. The largest absolute Gasteiger partial charge is 0.355 e. The zero-order valence-corrected chi connectivity index (χ0v) is 15.7. The van der Waals surface area contributed by atoms with E-state index in [1.165, 1.54) is 0 Å². The lowest BCUT2D eigenvalue weighted by atomic mass is 9.82. The minimum absolute atomic E-state index is 0.843. The summed E-state index contributed by atoms with van der Waals surface area (Å²) in [6, 6.07) is 32.3. The van der Waals surface area contributed by atoms with Gasteiger partial charge in [-0.1, -0.05) is 92.6 Å². The Bertz CT molecular complexity index is 1260. The Morgan fingerprint density at radius 2 is 1.36 bits per heavy atom. The lowest BCUT2D eigenvalue weighted by Crippen LogP contribution is -2.15. The molecule has 0 heterocycles. The molecule has 1 heteroatoms. The van der Waals surface area contributed by atoms with Gasteiger partial charge in [0, 0.05) is 26.5 Å². The van der Waals surface area contributed by atoms with E-state index < -0.39 is 12.3 Å². The highest BCUT2D eigenvalue weighted by atomic mass is 14.9. The SMILES string of the molecule is [2H]C([2H])([2H])C1(C)c2ccccc2-c2ccc(Nc3ccccc3-c3ccccc3)cc21. The summed E-state index contributed by atoms with van der Waals surface area (Å²) in [5, 5.41) is 3.53. The molecule has 5 rings (SSSR count). The van der Waals surface area contributed by atoms with Gasteiger partial charge in [0.25, 0.3) is 0 Å². The van der Waals surface area contributed by atoms with Gasteiger partial charge in [0.1, 0.15) is 0 Å². The predicted molar refractivity (Wildman–Crippen MR) is 119 cm³/mol. The lowest BCUT2D eigenvalue weighted by Gasteiger charge is -2.22. The van der Waals surface area contributed by atoms with Crippen LogP contribution in [-0.4, -0.2) is 0 Å². The third-order valence-electron chi connectivity index (χ3n) is 5.61. The van der Waals surface area contributed by atoms with Gasteiger partial charge in [-0.2, -0.15) is 0 Å². The fourth-order valence-corrected chi connectivity index (χ4v) is 4.19. The summed E-state index contributed by atoms with van der Waals surface area (Å²) >= 11 is 0. The van der Waals surface area contributed by atoms with Crippen LogP contribution >= 0.6 is 0 Å². The highest BCUT2D eigenvalue weighted by molar-refractivity contribution is 5.85. The van der Waals surface area contributed by atoms with Crippen LogP contribution in [0.4, 0.5) is 11.4 Å². The molecule has 1 atom stereocenters. The Balaban J connectivity index is 1.61. The van der Waals surface area contributed by atoms with Crippen LogP contribution in [0.1, 0.15) is 29.0 Å². The minimum Gasteiger partial charge on any atom is -0.355 e. The van der Waals surface area contributed by atoms with Crippen molar-refractivity contribution in [1.82, 2.24) is 0 Å². The van der Waals surface area contributed by atoms with Crippen LogP contribution in [0.15, 0.2) is 97.1 Å². The molecule has 0 bridgehead atoms. The summed E-state index contributed by atoms with van der Waals surface area (Å²) in [6.07, 6.45) is 0. The van der Waals surface area contributed by atoms with Crippen molar-refractivity contribution in [3.63, 3.8) is 0 Å². The van der Waals surface area contributed by atoms with E-state index in [4.69, 9.17) is 4.11 Å². The second kappa shape index (κ2) is 6.38. The van der Waals surface area contributed by atoms with Gasteiger partial charge in [0.2, 0.25) is 0 Å². The van der Waals surface area contributed by atoms with E-state index in [2.05, 4.69) is 23.5 Å². The van der Waals surface area contributed by atoms with Gasteiger partial charge >= 0.3 is 0 Å². The maximum Gasteiger partial charge on any atom is 0.0463 e. The number of hydrogen-bond acceptors (Lipinski definition) is 1. The number of anilines is 2.